The molecule has 3 aromatic rings. The van der Waals surface area contributed by atoms with E-state index >= 15 is 0 Å². The maximum atomic E-state index is 12.5. The van der Waals surface area contributed by atoms with E-state index in [0.29, 0.717) is 6.54 Å². The van der Waals surface area contributed by atoms with E-state index in [2.05, 4.69) is 15.3 Å². The molecule has 0 aliphatic rings. The Morgan fingerprint density at radius 2 is 1.77 bits per heavy atom. The molecule has 0 radical (unpaired) electrons. The number of carbonyl (C=O) groups excluding carboxylic acids is 1. The van der Waals surface area contributed by atoms with Crippen molar-refractivity contribution in [3.8, 4) is 0 Å². The minimum absolute atomic E-state index is 0.0147. The zero-order chi connectivity index (χ0) is 15.6. The van der Waals surface area contributed by atoms with Gasteiger partial charge in [0.25, 0.3) is 0 Å². The lowest BCUT2D eigenvalue weighted by atomic mass is 9.84. The molecule has 22 heavy (non-hydrogen) atoms. The standard InChI is InChI=1S/C18H19N3O/c1-18(2,13-8-4-3-5-9-13)17(22)19-12-16-20-14-10-6-7-11-15(14)21-16/h3-11H,12H2,1-2H3,(H,19,22)(H,20,21). The molecule has 4 heteroatoms. The highest BCUT2D eigenvalue weighted by atomic mass is 16.2. The summed E-state index contributed by atoms with van der Waals surface area (Å²) in [6.07, 6.45) is 0. The zero-order valence-corrected chi connectivity index (χ0v) is 12.8. The molecule has 0 saturated heterocycles. The number of hydrogen-bond donors (Lipinski definition) is 2. The van der Waals surface area contributed by atoms with Crippen molar-refractivity contribution < 1.29 is 4.79 Å². The molecule has 1 aromatic heterocycles. The summed E-state index contributed by atoms with van der Waals surface area (Å²) in [6.45, 7) is 4.25. The van der Waals surface area contributed by atoms with Crippen LogP contribution in [-0.2, 0) is 16.8 Å². The van der Waals surface area contributed by atoms with E-state index < -0.39 is 5.41 Å². The number of aromatic amines is 1. The van der Waals surface area contributed by atoms with Gasteiger partial charge in [-0.25, -0.2) is 4.98 Å². The highest BCUT2D eigenvalue weighted by Crippen LogP contribution is 2.23. The van der Waals surface area contributed by atoms with Crippen LogP contribution in [0.5, 0.6) is 0 Å². The van der Waals surface area contributed by atoms with Crippen LogP contribution in [-0.4, -0.2) is 15.9 Å². The predicted molar refractivity (Wildman–Crippen MR) is 87.4 cm³/mol. The number of rotatable bonds is 4. The summed E-state index contributed by atoms with van der Waals surface area (Å²) in [4.78, 5) is 20.2. The summed E-state index contributed by atoms with van der Waals surface area (Å²) in [5, 5.41) is 2.97. The fraction of sp³-hybridized carbons (Fsp3) is 0.222. The molecule has 0 fully saturated rings. The van der Waals surface area contributed by atoms with E-state index in [-0.39, 0.29) is 5.91 Å². The third-order valence-corrected chi connectivity index (χ3v) is 3.92. The number of benzene rings is 2. The number of carbonyl (C=O) groups is 1. The average molecular weight is 293 g/mol. The lowest BCUT2D eigenvalue weighted by molar-refractivity contribution is -0.125. The topological polar surface area (TPSA) is 57.8 Å². The van der Waals surface area contributed by atoms with Crippen LogP contribution >= 0.6 is 0 Å². The lowest BCUT2D eigenvalue weighted by Crippen LogP contribution is -2.39. The second kappa shape index (κ2) is 5.64. The van der Waals surface area contributed by atoms with Gasteiger partial charge in [-0.1, -0.05) is 42.5 Å². The third kappa shape index (κ3) is 2.72. The summed E-state index contributed by atoms with van der Waals surface area (Å²) in [7, 11) is 0. The molecule has 0 aliphatic carbocycles. The first kappa shape index (κ1) is 14.3. The maximum absolute atomic E-state index is 12.5. The van der Waals surface area contributed by atoms with E-state index in [4.69, 9.17) is 0 Å². The van der Waals surface area contributed by atoms with Gasteiger partial charge in [0, 0.05) is 0 Å². The molecular weight excluding hydrogens is 274 g/mol. The van der Waals surface area contributed by atoms with Crippen molar-refractivity contribution in [1.29, 1.82) is 0 Å². The molecule has 0 bridgehead atoms. The summed E-state index contributed by atoms with van der Waals surface area (Å²) in [5.74, 6) is 0.748. The van der Waals surface area contributed by atoms with E-state index in [1.165, 1.54) is 0 Å². The van der Waals surface area contributed by atoms with Gasteiger partial charge in [-0.15, -0.1) is 0 Å². The van der Waals surface area contributed by atoms with Crippen LogP contribution in [0.3, 0.4) is 0 Å². The zero-order valence-electron chi connectivity index (χ0n) is 12.8. The first-order valence-corrected chi connectivity index (χ1v) is 7.35. The van der Waals surface area contributed by atoms with Crippen molar-refractivity contribution in [3.05, 3.63) is 66.0 Å². The van der Waals surface area contributed by atoms with Crippen molar-refractivity contribution in [2.45, 2.75) is 25.8 Å². The van der Waals surface area contributed by atoms with Gasteiger partial charge < -0.3 is 10.3 Å². The molecule has 3 rings (SSSR count). The number of nitrogens with zero attached hydrogens (tertiary/aromatic N) is 1. The molecule has 4 nitrogen and oxygen atoms in total. The molecular formula is C18H19N3O. The smallest absolute Gasteiger partial charge is 0.230 e. The number of H-pyrrole nitrogens is 1. The Kier molecular flexibility index (Phi) is 3.67. The SMILES string of the molecule is CC(C)(C(=O)NCc1nc2ccccc2[nH]1)c1ccccc1. The number of nitrogens with one attached hydrogen (secondary N) is 2. The average Bonchev–Trinajstić information content (AvgIpc) is 2.96. The molecule has 2 N–H and O–H groups in total. The van der Waals surface area contributed by atoms with Crippen molar-refractivity contribution in [2.24, 2.45) is 0 Å². The van der Waals surface area contributed by atoms with Crippen LogP contribution in [0.4, 0.5) is 0 Å². The number of amides is 1. The van der Waals surface area contributed by atoms with Crippen molar-refractivity contribution in [2.75, 3.05) is 0 Å². The van der Waals surface area contributed by atoms with E-state index in [1.807, 2.05) is 68.4 Å². The summed E-state index contributed by atoms with van der Waals surface area (Å²) >= 11 is 0. The molecule has 1 heterocycles. The second-order valence-electron chi connectivity index (χ2n) is 5.87. The van der Waals surface area contributed by atoms with Crippen LogP contribution in [0, 0.1) is 0 Å². The number of imidazole rings is 1. The summed E-state index contributed by atoms with van der Waals surface area (Å²) in [6, 6.07) is 17.6. The van der Waals surface area contributed by atoms with Gasteiger partial charge >= 0.3 is 0 Å². The fourth-order valence-electron chi connectivity index (χ4n) is 2.46. The monoisotopic (exact) mass is 293 g/mol. The van der Waals surface area contributed by atoms with Gasteiger partial charge in [-0.05, 0) is 31.5 Å². The van der Waals surface area contributed by atoms with Crippen LogP contribution in [0.15, 0.2) is 54.6 Å². The van der Waals surface area contributed by atoms with Crippen LogP contribution in [0.1, 0.15) is 25.2 Å². The Morgan fingerprint density at radius 1 is 1.09 bits per heavy atom. The molecule has 0 aliphatic heterocycles. The van der Waals surface area contributed by atoms with Gasteiger partial charge in [0.2, 0.25) is 5.91 Å². The minimum Gasteiger partial charge on any atom is -0.348 e. The van der Waals surface area contributed by atoms with Gasteiger partial charge in [-0.3, -0.25) is 4.79 Å². The van der Waals surface area contributed by atoms with E-state index in [9.17, 15) is 4.79 Å². The Balaban J connectivity index is 1.71. The Morgan fingerprint density at radius 3 is 2.50 bits per heavy atom. The van der Waals surface area contributed by atoms with Crippen molar-refractivity contribution >= 4 is 16.9 Å². The van der Waals surface area contributed by atoms with Gasteiger partial charge in [0.05, 0.1) is 23.0 Å². The molecule has 1 amide bonds. The van der Waals surface area contributed by atoms with Crippen molar-refractivity contribution in [1.82, 2.24) is 15.3 Å². The highest BCUT2D eigenvalue weighted by molar-refractivity contribution is 5.87. The normalized spacial score (nSPS) is 11.5. The van der Waals surface area contributed by atoms with Gasteiger partial charge in [0.1, 0.15) is 5.82 Å². The molecule has 0 atom stereocenters. The number of hydrogen-bond acceptors (Lipinski definition) is 2. The first-order valence-electron chi connectivity index (χ1n) is 7.35. The summed E-state index contributed by atoms with van der Waals surface area (Å²) < 4.78 is 0. The number of para-hydroxylation sites is 2. The van der Waals surface area contributed by atoms with Crippen LogP contribution in [0.25, 0.3) is 11.0 Å². The number of aromatic nitrogens is 2. The maximum Gasteiger partial charge on any atom is 0.230 e. The van der Waals surface area contributed by atoms with Crippen LogP contribution in [0.2, 0.25) is 0 Å². The van der Waals surface area contributed by atoms with Crippen LogP contribution < -0.4 is 5.32 Å². The molecule has 0 unspecified atom stereocenters. The molecule has 0 spiro atoms. The van der Waals surface area contributed by atoms with Gasteiger partial charge in [0.15, 0.2) is 0 Å². The summed E-state index contributed by atoms with van der Waals surface area (Å²) in [5.41, 5.74) is 2.31. The Hall–Kier alpha value is -2.62. The fourth-order valence-corrected chi connectivity index (χ4v) is 2.46. The quantitative estimate of drug-likeness (QED) is 0.776. The van der Waals surface area contributed by atoms with E-state index in [0.717, 1.165) is 22.4 Å². The second-order valence-corrected chi connectivity index (χ2v) is 5.87. The van der Waals surface area contributed by atoms with Gasteiger partial charge in [-0.2, -0.15) is 0 Å². The first-order chi connectivity index (χ1) is 10.6. The Bertz CT molecular complexity index is 757. The van der Waals surface area contributed by atoms with E-state index in [1.54, 1.807) is 0 Å². The molecule has 0 saturated carbocycles. The van der Waals surface area contributed by atoms with Crippen molar-refractivity contribution in [3.63, 3.8) is 0 Å². The molecule has 112 valence electrons. The third-order valence-electron chi connectivity index (χ3n) is 3.92. The minimum atomic E-state index is -0.576. The largest absolute Gasteiger partial charge is 0.348 e. The Labute approximate surface area is 129 Å². The number of fused-ring (bicyclic) bond motifs is 1. The highest BCUT2D eigenvalue weighted by Gasteiger charge is 2.29. The lowest BCUT2D eigenvalue weighted by Gasteiger charge is -2.23. The molecule has 2 aromatic carbocycles. The predicted octanol–water partition coefficient (Wildman–Crippen LogP) is 3.16.